The third-order valence-electron chi connectivity index (χ3n) is 3.25. The Hall–Kier alpha value is -2.17. The average molecular weight is 260 g/mol. The molecule has 1 aromatic rings. The number of benzene rings is 1. The molecule has 5 heteroatoms. The van der Waals surface area contributed by atoms with Crippen molar-refractivity contribution >= 4 is 17.5 Å². The van der Waals surface area contributed by atoms with Crippen LogP contribution in [0, 0.1) is 5.92 Å². The van der Waals surface area contributed by atoms with Crippen LogP contribution < -0.4 is 10.1 Å². The van der Waals surface area contributed by atoms with E-state index < -0.39 is 11.9 Å². The van der Waals surface area contributed by atoms with Crippen LogP contribution in [0.5, 0.6) is 5.75 Å². The molecule has 2 atom stereocenters. The molecule has 0 spiro atoms. The van der Waals surface area contributed by atoms with Crippen molar-refractivity contribution in [2.45, 2.75) is 19.9 Å². The van der Waals surface area contributed by atoms with Crippen molar-refractivity contribution in [1.29, 1.82) is 0 Å². The summed E-state index contributed by atoms with van der Waals surface area (Å²) in [5.41, 5.74) is 1.42. The van der Waals surface area contributed by atoms with Gasteiger partial charge in [-0.25, -0.2) is 9.79 Å². The first-order valence-electron chi connectivity index (χ1n) is 6.03. The Bertz CT molecular complexity index is 534. The molecule has 1 N–H and O–H groups in total. The van der Waals surface area contributed by atoms with Crippen molar-refractivity contribution in [2.24, 2.45) is 10.9 Å². The number of hydrogen-bond acceptors (Lipinski definition) is 3. The molecule has 1 aromatic carbocycles. The number of ketones is 1. The lowest BCUT2D eigenvalue weighted by Gasteiger charge is -2.29. The molecule has 0 bridgehead atoms. The summed E-state index contributed by atoms with van der Waals surface area (Å²) in [5, 5.41) is 2.74. The fourth-order valence-electron chi connectivity index (χ4n) is 2.34. The molecule has 0 aliphatic carbocycles. The van der Waals surface area contributed by atoms with E-state index in [9.17, 15) is 9.59 Å². The number of urea groups is 1. The van der Waals surface area contributed by atoms with Gasteiger partial charge in [0.1, 0.15) is 11.5 Å². The van der Waals surface area contributed by atoms with Gasteiger partial charge in [-0.3, -0.25) is 4.79 Å². The normalized spacial score (nSPS) is 22.5. The molecular formula is C14H16N2O3. The highest BCUT2D eigenvalue weighted by molar-refractivity contribution is 6.09. The molecule has 0 aromatic heterocycles. The fraction of sp³-hybridized carbons (Fsp3) is 0.357. The van der Waals surface area contributed by atoms with Gasteiger partial charge in [0, 0.05) is 5.71 Å². The molecule has 0 saturated carbocycles. The highest BCUT2D eigenvalue weighted by Gasteiger charge is 2.34. The topological polar surface area (TPSA) is 67.8 Å². The Labute approximate surface area is 111 Å². The Morgan fingerprint density at radius 3 is 2.47 bits per heavy atom. The summed E-state index contributed by atoms with van der Waals surface area (Å²) in [7, 11) is 1.59. The molecule has 19 heavy (non-hydrogen) atoms. The maximum Gasteiger partial charge on any atom is 0.341 e. The third kappa shape index (κ3) is 2.65. The number of rotatable bonds is 3. The number of amides is 2. The van der Waals surface area contributed by atoms with E-state index in [0.717, 1.165) is 11.3 Å². The van der Waals surface area contributed by atoms with Gasteiger partial charge in [0.15, 0.2) is 0 Å². The van der Waals surface area contributed by atoms with Crippen LogP contribution in [0.4, 0.5) is 4.79 Å². The minimum atomic E-state index is -0.411. The zero-order chi connectivity index (χ0) is 14.0. The van der Waals surface area contributed by atoms with Gasteiger partial charge in [-0.1, -0.05) is 12.1 Å². The van der Waals surface area contributed by atoms with Gasteiger partial charge in [-0.15, -0.1) is 0 Å². The van der Waals surface area contributed by atoms with Gasteiger partial charge in [-0.2, -0.15) is 0 Å². The van der Waals surface area contributed by atoms with Crippen molar-refractivity contribution in [3.05, 3.63) is 29.8 Å². The van der Waals surface area contributed by atoms with E-state index in [1.54, 1.807) is 26.2 Å². The van der Waals surface area contributed by atoms with Crippen LogP contribution in [0.25, 0.3) is 0 Å². The summed E-state index contributed by atoms with van der Waals surface area (Å²) in [6.07, 6.45) is 0. The second-order valence-electron chi connectivity index (χ2n) is 4.54. The van der Waals surface area contributed by atoms with E-state index in [1.165, 1.54) is 6.92 Å². The molecule has 0 saturated heterocycles. The van der Waals surface area contributed by atoms with Crippen molar-refractivity contribution in [3.63, 3.8) is 0 Å². The monoisotopic (exact) mass is 260 g/mol. The van der Waals surface area contributed by atoms with Crippen molar-refractivity contribution in [1.82, 2.24) is 5.32 Å². The zero-order valence-corrected chi connectivity index (χ0v) is 11.1. The SMILES string of the molecule is COc1ccc(C2NC(=O)N=C(C)C2C(C)=O)cc1. The highest BCUT2D eigenvalue weighted by Crippen LogP contribution is 2.28. The molecule has 100 valence electrons. The van der Waals surface area contributed by atoms with E-state index in [4.69, 9.17) is 4.74 Å². The van der Waals surface area contributed by atoms with Crippen LogP contribution in [0.1, 0.15) is 25.5 Å². The van der Waals surface area contributed by atoms with Crippen LogP contribution in [0.2, 0.25) is 0 Å². The Morgan fingerprint density at radius 1 is 1.32 bits per heavy atom. The smallest absolute Gasteiger partial charge is 0.341 e. The van der Waals surface area contributed by atoms with E-state index in [0.29, 0.717) is 5.71 Å². The average Bonchev–Trinajstić information content (AvgIpc) is 2.37. The molecule has 1 aliphatic rings. The number of carbonyl (C=O) groups excluding carboxylic acids is 2. The maximum atomic E-state index is 11.8. The molecule has 2 unspecified atom stereocenters. The van der Waals surface area contributed by atoms with Crippen LogP contribution >= 0.6 is 0 Å². The maximum absolute atomic E-state index is 11.8. The molecule has 0 radical (unpaired) electrons. The number of carbonyl (C=O) groups is 2. The van der Waals surface area contributed by atoms with E-state index in [-0.39, 0.29) is 11.8 Å². The second kappa shape index (κ2) is 5.22. The van der Waals surface area contributed by atoms with Gasteiger partial charge >= 0.3 is 6.03 Å². The minimum absolute atomic E-state index is 0.0120. The quantitative estimate of drug-likeness (QED) is 0.905. The van der Waals surface area contributed by atoms with Crippen molar-refractivity contribution in [2.75, 3.05) is 7.11 Å². The van der Waals surface area contributed by atoms with Crippen LogP contribution in [-0.4, -0.2) is 24.6 Å². The lowest BCUT2D eigenvalue weighted by molar-refractivity contribution is -0.119. The Morgan fingerprint density at radius 2 is 1.95 bits per heavy atom. The van der Waals surface area contributed by atoms with Gasteiger partial charge in [0.05, 0.1) is 19.1 Å². The number of aliphatic imine (C=N–C) groups is 1. The van der Waals surface area contributed by atoms with Gasteiger partial charge < -0.3 is 10.1 Å². The summed E-state index contributed by atoms with van der Waals surface area (Å²) >= 11 is 0. The molecule has 1 heterocycles. The summed E-state index contributed by atoms with van der Waals surface area (Å²) in [6.45, 7) is 3.22. The van der Waals surface area contributed by atoms with E-state index in [1.807, 2.05) is 12.1 Å². The van der Waals surface area contributed by atoms with Gasteiger partial charge in [0.25, 0.3) is 0 Å². The largest absolute Gasteiger partial charge is 0.497 e. The minimum Gasteiger partial charge on any atom is -0.497 e. The number of ether oxygens (including phenoxy) is 1. The van der Waals surface area contributed by atoms with Gasteiger partial charge in [-0.05, 0) is 31.5 Å². The molecule has 1 aliphatic heterocycles. The fourth-order valence-corrected chi connectivity index (χ4v) is 2.34. The van der Waals surface area contributed by atoms with Crippen molar-refractivity contribution in [3.8, 4) is 5.75 Å². The molecule has 2 amide bonds. The molecule has 0 fully saturated rings. The van der Waals surface area contributed by atoms with Crippen LogP contribution in [0.3, 0.4) is 0 Å². The molecule has 2 rings (SSSR count). The summed E-state index contributed by atoms with van der Waals surface area (Å²) in [5.74, 6) is 0.309. The summed E-state index contributed by atoms with van der Waals surface area (Å²) in [6, 6.07) is 6.53. The van der Waals surface area contributed by atoms with E-state index in [2.05, 4.69) is 10.3 Å². The number of nitrogens with zero attached hydrogens (tertiary/aromatic N) is 1. The predicted molar refractivity (Wildman–Crippen MR) is 71.5 cm³/mol. The molecule has 5 nitrogen and oxygen atoms in total. The summed E-state index contributed by atoms with van der Waals surface area (Å²) < 4.78 is 5.10. The lowest BCUT2D eigenvalue weighted by atomic mass is 9.85. The first kappa shape index (κ1) is 13.3. The zero-order valence-electron chi connectivity index (χ0n) is 11.1. The lowest BCUT2D eigenvalue weighted by Crippen LogP contribution is -2.42. The molecular weight excluding hydrogens is 244 g/mol. The second-order valence-corrected chi connectivity index (χ2v) is 4.54. The standard InChI is InChI=1S/C14H16N2O3/c1-8-12(9(2)17)13(16-14(18)15-8)10-4-6-11(19-3)7-5-10/h4-7,12-13H,1-3H3,(H,16,18). The van der Waals surface area contributed by atoms with Crippen LogP contribution in [-0.2, 0) is 4.79 Å². The predicted octanol–water partition coefficient (Wildman–Crippen LogP) is 2.13. The third-order valence-corrected chi connectivity index (χ3v) is 3.25. The number of hydrogen-bond donors (Lipinski definition) is 1. The van der Waals surface area contributed by atoms with Crippen molar-refractivity contribution < 1.29 is 14.3 Å². The van der Waals surface area contributed by atoms with Gasteiger partial charge in [0.2, 0.25) is 0 Å². The highest BCUT2D eigenvalue weighted by atomic mass is 16.5. The number of methoxy groups -OCH3 is 1. The number of nitrogens with one attached hydrogen (secondary N) is 1. The summed E-state index contributed by atoms with van der Waals surface area (Å²) in [4.78, 5) is 27.1. The van der Waals surface area contributed by atoms with Crippen LogP contribution in [0.15, 0.2) is 29.3 Å². The Kier molecular flexibility index (Phi) is 3.64. The number of Topliss-reactive ketones (excluding diaryl/α,β-unsaturated/α-hetero) is 1. The Balaban J connectivity index is 2.37. The first-order chi connectivity index (χ1) is 9.02. The van der Waals surface area contributed by atoms with E-state index >= 15 is 0 Å². The first-order valence-corrected chi connectivity index (χ1v) is 6.03.